The van der Waals surface area contributed by atoms with Gasteiger partial charge in [0.1, 0.15) is 0 Å². The molecule has 0 fully saturated rings. The van der Waals surface area contributed by atoms with Gasteiger partial charge in [-0.25, -0.2) is 0 Å². The Morgan fingerprint density at radius 2 is 1.88 bits per heavy atom. The van der Waals surface area contributed by atoms with E-state index in [9.17, 15) is 0 Å². The molecule has 0 unspecified atom stereocenters. The molecule has 0 saturated heterocycles. The van der Waals surface area contributed by atoms with E-state index in [0.717, 1.165) is 25.1 Å². The number of benzene rings is 2. The molecule has 17 heavy (non-hydrogen) atoms. The fraction of sp³-hybridized carbons (Fsp3) is 0.0769. The van der Waals surface area contributed by atoms with E-state index in [2.05, 4.69) is 56.8 Å². The number of anilines is 3. The summed E-state index contributed by atoms with van der Waals surface area (Å²) in [5, 5.41) is 3.35. The van der Waals surface area contributed by atoms with Gasteiger partial charge in [-0.3, -0.25) is 0 Å². The van der Waals surface area contributed by atoms with Crippen LogP contribution in [-0.4, -0.2) is 0 Å². The van der Waals surface area contributed by atoms with E-state index in [1.165, 1.54) is 5.56 Å². The minimum atomic E-state index is 0.760. The molecule has 0 bridgehead atoms. The van der Waals surface area contributed by atoms with Gasteiger partial charge in [0.15, 0.2) is 0 Å². The number of nitrogens with one attached hydrogen (secondary N) is 1. The minimum absolute atomic E-state index is 0.760. The van der Waals surface area contributed by atoms with Crippen LogP contribution in [0.15, 0.2) is 40.9 Å². The fourth-order valence-electron chi connectivity index (χ4n) is 1.52. The van der Waals surface area contributed by atoms with E-state index in [1.54, 1.807) is 0 Å². The Hall–Kier alpha value is -0.750. The second kappa shape index (κ2) is 5.27. The highest BCUT2D eigenvalue weighted by Crippen LogP contribution is 2.28. The van der Waals surface area contributed by atoms with Gasteiger partial charge in [-0.05, 0) is 65.4 Å². The van der Waals surface area contributed by atoms with Crippen molar-refractivity contribution in [1.29, 1.82) is 0 Å². The average molecular weight is 403 g/mol. The van der Waals surface area contributed by atoms with Gasteiger partial charge in [0.05, 0.1) is 11.4 Å². The third kappa shape index (κ3) is 3.13. The monoisotopic (exact) mass is 402 g/mol. The number of halogens is 2. The number of nitrogens with two attached hydrogens (primary N) is 1. The van der Waals surface area contributed by atoms with E-state index in [1.807, 2.05) is 30.3 Å². The highest BCUT2D eigenvalue weighted by atomic mass is 127. The predicted molar refractivity (Wildman–Crippen MR) is 85.7 cm³/mol. The van der Waals surface area contributed by atoms with Crippen molar-refractivity contribution in [2.45, 2.75) is 6.92 Å². The van der Waals surface area contributed by atoms with Gasteiger partial charge in [0.2, 0.25) is 0 Å². The molecule has 4 heteroatoms. The Bertz CT molecular complexity index is 555. The maximum Gasteiger partial charge on any atom is 0.0618 e. The van der Waals surface area contributed by atoms with Crippen molar-refractivity contribution in [2.75, 3.05) is 11.1 Å². The molecule has 0 radical (unpaired) electrons. The lowest BCUT2D eigenvalue weighted by molar-refractivity contribution is 1.42. The molecular weight excluding hydrogens is 391 g/mol. The quantitative estimate of drug-likeness (QED) is 0.565. The van der Waals surface area contributed by atoms with Crippen molar-refractivity contribution < 1.29 is 0 Å². The summed E-state index contributed by atoms with van der Waals surface area (Å²) in [4.78, 5) is 0. The average Bonchev–Trinajstić information content (AvgIpc) is 2.27. The van der Waals surface area contributed by atoms with Gasteiger partial charge >= 0.3 is 0 Å². The highest BCUT2D eigenvalue weighted by Gasteiger charge is 2.03. The molecule has 2 aromatic rings. The smallest absolute Gasteiger partial charge is 0.0618 e. The van der Waals surface area contributed by atoms with Crippen molar-refractivity contribution in [1.82, 2.24) is 0 Å². The second-order valence-electron chi connectivity index (χ2n) is 3.82. The van der Waals surface area contributed by atoms with Crippen LogP contribution in [0.25, 0.3) is 0 Å². The first-order chi connectivity index (χ1) is 8.06. The van der Waals surface area contributed by atoms with Crippen LogP contribution in [0, 0.1) is 10.5 Å². The van der Waals surface area contributed by atoms with Crippen LogP contribution < -0.4 is 11.1 Å². The summed E-state index contributed by atoms with van der Waals surface area (Å²) < 4.78 is 2.19. The van der Waals surface area contributed by atoms with Gasteiger partial charge in [-0.15, -0.1) is 0 Å². The van der Waals surface area contributed by atoms with Crippen LogP contribution in [0.1, 0.15) is 5.56 Å². The molecule has 0 atom stereocenters. The summed E-state index contributed by atoms with van der Waals surface area (Å²) in [6.07, 6.45) is 0. The highest BCUT2D eigenvalue weighted by molar-refractivity contribution is 14.1. The first-order valence-electron chi connectivity index (χ1n) is 5.14. The number of aryl methyl sites for hydroxylation is 1. The van der Waals surface area contributed by atoms with Crippen LogP contribution >= 0.6 is 38.5 Å². The molecule has 0 spiro atoms. The standard InChI is InChI=1S/C13H12BrIN2/c1-8-2-3-9(14)6-13(8)17-12-5-4-10(15)7-11(12)16/h2-7,17H,16H2,1H3. The van der Waals surface area contributed by atoms with Gasteiger partial charge in [0.25, 0.3) is 0 Å². The zero-order valence-corrected chi connectivity index (χ0v) is 13.0. The predicted octanol–water partition coefficient (Wildman–Crippen LogP) is 4.69. The number of hydrogen-bond acceptors (Lipinski definition) is 2. The Morgan fingerprint density at radius 1 is 1.12 bits per heavy atom. The van der Waals surface area contributed by atoms with E-state index in [0.29, 0.717) is 0 Å². The third-order valence-electron chi connectivity index (χ3n) is 2.48. The molecule has 2 rings (SSSR count). The molecule has 3 N–H and O–H groups in total. The van der Waals surface area contributed by atoms with E-state index in [4.69, 9.17) is 5.73 Å². The van der Waals surface area contributed by atoms with Gasteiger partial charge < -0.3 is 11.1 Å². The van der Waals surface area contributed by atoms with E-state index in [-0.39, 0.29) is 0 Å². The molecule has 0 amide bonds. The molecule has 88 valence electrons. The van der Waals surface area contributed by atoms with E-state index < -0.39 is 0 Å². The first kappa shape index (κ1) is 12.7. The molecule has 0 aromatic heterocycles. The lowest BCUT2D eigenvalue weighted by Crippen LogP contribution is -1.98. The molecule has 0 aliphatic carbocycles. The van der Waals surface area contributed by atoms with Crippen molar-refractivity contribution >= 4 is 55.6 Å². The van der Waals surface area contributed by atoms with Crippen LogP contribution in [0.3, 0.4) is 0 Å². The summed E-state index contributed by atoms with van der Waals surface area (Å²) in [7, 11) is 0. The summed E-state index contributed by atoms with van der Waals surface area (Å²) in [5.74, 6) is 0. The van der Waals surface area contributed by atoms with Crippen LogP contribution in [0.4, 0.5) is 17.1 Å². The number of hydrogen-bond donors (Lipinski definition) is 2. The molecule has 0 aliphatic rings. The molecule has 2 aromatic carbocycles. The van der Waals surface area contributed by atoms with Crippen molar-refractivity contribution in [3.05, 3.63) is 50.0 Å². The summed E-state index contributed by atoms with van der Waals surface area (Å²) in [5.41, 5.74) is 9.92. The molecule has 0 aliphatic heterocycles. The topological polar surface area (TPSA) is 38.0 Å². The zero-order chi connectivity index (χ0) is 12.4. The first-order valence-corrected chi connectivity index (χ1v) is 7.01. The maximum atomic E-state index is 5.98. The molecule has 2 nitrogen and oxygen atoms in total. The van der Waals surface area contributed by atoms with E-state index >= 15 is 0 Å². The number of rotatable bonds is 2. The second-order valence-corrected chi connectivity index (χ2v) is 5.98. The normalized spacial score (nSPS) is 10.3. The largest absolute Gasteiger partial charge is 0.397 e. The maximum absolute atomic E-state index is 5.98. The van der Waals surface area contributed by atoms with Gasteiger partial charge in [-0.2, -0.15) is 0 Å². The third-order valence-corrected chi connectivity index (χ3v) is 3.65. The number of nitrogen functional groups attached to an aromatic ring is 1. The summed E-state index contributed by atoms with van der Waals surface area (Å²) >= 11 is 5.72. The molecule has 0 heterocycles. The molecule has 0 saturated carbocycles. The zero-order valence-electron chi connectivity index (χ0n) is 9.30. The Kier molecular flexibility index (Phi) is 3.93. The van der Waals surface area contributed by atoms with Crippen molar-refractivity contribution in [3.63, 3.8) is 0 Å². The lowest BCUT2D eigenvalue weighted by atomic mass is 10.2. The van der Waals surface area contributed by atoms with Crippen LogP contribution in [-0.2, 0) is 0 Å². The Balaban J connectivity index is 2.34. The van der Waals surface area contributed by atoms with Crippen LogP contribution in [0.2, 0.25) is 0 Å². The Labute approximate surface area is 123 Å². The van der Waals surface area contributed by atoms with Crippen LogP contribution in [0.5, 0.6) is 0 Å². The van der Waals surface area contributed by atoms with Crippen molar-refractivity contribution in [3.8, 4) is 0 Å². The van der Waals surface area contributed by atoms with Gasteiger partial charge in [-0.1, -0.05) is 22.0 Å². The van der Waals surface area contributed by atoms with Gasteiger partial charge in [0, 0.05) is 13.7 Å². The SMILES string of the molecule is Cc1ccc(Br)cc1Nc1ccc(I)cc1N. The summed E-state index contributed by atoms with van der Waals surface area (Å²) in [6.45, 7) is 2.07. The Morgan fingerprint density at radius 3 is 2.59 bits per heavy atom. The molecular formula is C13H12BrIN2. The van der Waals surface area contributed by atoms with Crippen molar-refractivity contribution in [2.24, 2.45) is 0 Å². The fourth-order valence-corrected chi connectivity index (χ4v) is 2.40. The summed E-state index contributed by atoms with van der Waals surface area (Å²) in [6, 6.07) is 12.1. The minimum Gasteiger partial charge on any atom is -0.397 e. The lowest BCUT2D eigenvalue weighted by Gasteiger charge is -2.12.